The highest BCUT2D eigenvalue weighted by atomic mass is 16.5. The molecule has 1 heterocycles. The summed E-state index contributed by atoms with van der Waals surface area (Å²) in [7, 11) is 0. The third-order valence-electron chi connectivity index (χ3n) is 6.14. The van der Waals surface area contributed by atoms with E-state index in [0.29, 0.717) is 16.9 Å². The molecular formula is C16H29NO. The largest absolute Gasteiger partial charge is 0.381 e. The molecule has 18 heavy (non-hydrogen) atoms. The lowest BCUT2D eigenvalue weighted by atomic mass is 9.68. The quantitative estimate of drug-likeness (QED) is 0.831. The molecule has 2 nitrogen and oxygen atoms in total. The molecule has 2 bridgehead atoms. The number of rotatable bonds is 3. The summed E-state index contributed by atoms with van der Waals surface area (Å²) in [6.45, 7) is 10.6. The number of ether oxygens (including phenoxy) is 1. The predicted octanol–water partition coefficient (Wildman–Crippen LogP) is 3.22. The van der Waals surface area contributed by atoms with E-state index in [-0.39, 0.29) is 0 Å². The Morgan fingerprint density at radius 2 is 2.06 bits per heavy atom. The van der Waals surface area contributed by atoms with E-state index in [9.17, 15) is 0 Å². The van der Waals surface area contributed by atoms with Gasteiger partial charge in [0.05, 0.1) is 6.61 Å². The third-order valence-corrected chi connectivity index (χ3v) is 6.14. The van der Waals surface area contributed by atoms with Gasteiger partial charge in [-0.15, -0.1) is 0 Å². The van der Waals surface area contributed by atoms with Crippen molar-refractivity contribution in [2.75, 3.05) is 19.8 Å². The van der Waals surface area contributed by atoms with Crippen molar-refractivity contribution in [2.45, 2.75) is 58.9 Å². The van der Waals surface area contributed by atoms with E-state index in [0.717, 1.165) is 31.6 Å². The standard InChI is InChI=1S/C16H29NO/c1-15(2)13-6-7-16(3,9-13)14(15)17-10-12-5-4-8-18-11-12/h12-14,17H,4-11H2,1-3H3/t12?,13-,14?,16+/m0/s1. The van der Waals surface area contributed by atoms with E-state index in [1.807, 2.05) is 0 Å². The zero-order chi connectivity index (χ0) is 12.8. The van der Waals surface area contributed by atoms with Gasteiger partial charge in [-0.3, -0.25) is 0 Å². The molecule has 0 aromatic carbocycles. The van der Waals surface area contributed by atoms with Gasteiger partial charge in [0.25, 0.3) is 0 Å². The highest BCUT2D eigenvalue weighted by Crippen LogP contribution is 2.62. The van der Waals surface area contributed by atoms with Crippen LogP contribution in [0.3, 0.4) is 0 Å². The van der Waals surface area contributed by atoms with Crippen LogP contribution < -0.4 is 5.32 Å². The first-order valence-electron chi connectivity index (χ1n) is 7.83. The Hall–Kier alpha value is -0.0800. The Morgan fingerprint density at radius 1 is 1.22 bits per heavy atom. The maximum atomic E-state index is 5.60. The zero-order valence-electron chi connectivity index (χ0n) is 12.3. The van der Waals surface area contributed by atoms with Gasteiger partial charge in [0, 0.05) is 19.2 Å². The van der Waals surface area contributed by atoms with Crippen LogP contribution in [0.5, 0.6) is 0 Å². The molecule has 1 aliphatic heterocycles. The fraction of sp³-hybridized carbons (Fsp3) is 1.00. The second-order valence-corrected chi connectivity index (χ2v) is 7.84. The van der Waals surface area contributed by atoms with Crippen molar-refractivity contribution in [1.82, 2.24) is 5.32 Å². The van der Waals surface area contributed by atoms with Crippen LogP contribution in [0.4, 0.5) is 0 Å². The summed E-state index contributed by atoms with van der Waals surface area (Å²) in [5.74, 6) is 1.69. The van der Waals surface area contributed by atoms with Gasteiger partial charge in [-0.2, -0.15) is 0 Å². The minimum absolute atomic E-state index is 0.489. The summed E-state index contributed by atoms with van der Waals surface area (Å²) in [6, 6.07) is 0.714. The lowest BCUT2D eigenvalue weighted by molar-refractivity contribution is 0.0437. The van der Waals surface area contributed by atoms with Crippen molar-refractivity contribution >= 4 is 0 Å². The zero-order valence-corrected chi connectivity index (χ0v) is 12.3. The highest BCUT2D eigenvalue weighted by molar-refractivity contribution is 5.12. The average molecular weight is 251 g/mol. The van der Waals surface area contributed by atoms with Crippen molar-refractivity contribution < 1.29 is 4.74 Å². The van der Waals surface area contributed by atoms with Gasteiger partial charge < -0.3 is 10.1 Å². The van der Waals surface area contributed by atoms with Crippen molar-refractivity contribution in [3.63, 3.8) is 0 Å². The summed E-state index contributed by atoms with van der Waals surface area (Å²) in [5, 5.41) is 3.93. The van der Waals surface area contributed by atoms with Crippen LogP contribution in [0.1, 0.15) is 52.9 Å². The van der Waals surface area contributed by atoms with Crippen LogP contribution >= 0.6 is 0 Å². The van der Waals surface area contributed by atoms with Crippen molar-refractivity contribution in [3.05, 3.63) is 0 Å². The molecule has 1 N–H and O–H groups in total. The Labute approximate surface area is 112 Å². The van der Waals surface area contributed by atoms with Gasteiger partial charge in [-0.25, -0.2) is 0 Å². The Balaban J connectivity index is 1.61. The molecule has 0 spiro atoms. The lowest BCUT2D eigenvalue weighted by Gasteiger charge is -2.44. The van der Waals surface area contributed by atoms with Crippen molar-refractivity contribution in [1.29, 1.82) is 0 Å². The molecule has 0 radical (unpaired) electrons. The van der Waals surface area contributed by atoms with E-state index in [4.69, 9.17) is 4.74 Å². The summed E-state index contributed by atoms with van der Waals surface area (Å²) < 4.78 is 5.60. The first-order valence-corrected chi connectivity index (χ1v) is 7.83. The molecule has 0 amide bonds. The van der Waals surface area contributed by atoms with E-state index in [1.165, 1.54) is 32.1 Å². The summed E-state index contributed by atoms with van der Waals surface area (Å²) in [6.07, 6.45) is 6.92. The Bertz CT molecular complexity index is 303. The molecular weight excluding hydrogens is 222 g/mol. The van der Waals surface area contributed by atoms with Gasteiger partial charge >= 0.3 is 0 Å². The minimum atomic E-state index is 0.489. The van der Waals surface area contributed by atoms with Crippen molar-refractivity contribution in [2.24, 2.45) is 22.7 Å². The van der Waals surface area contributed by atoms with Gasteiger partial charge in [0.1, 0.15) is 0 Å². The molecule has 2 heteroatoms. The average Bonchev–Trinajstić information content (AvgIpc) is 2.81. The minimum Gasteiger partial charge on any atom is -0.381 e. The Morgan fingerprint density at radius 3 is 2.67 bits per heavy atom. The second-order valence-electron chi connectivity index (χ2n) is 7.84. The summed E-state index contributed by atoms with van der Waals surface area (Å²) in [5.41, 5.74) is 1.05. The summed E-state index contributed by atoms with van der Waals surface area (Å²) in [4.78, 5) is 0. The fourth-order valence-electron chi connectivity index (χ4n) is 5.06. The second kappa shape index (κ2) is 4.49. The number of fused-ring (bicyclic) bond motifs is 2. The molecule has 2 aliphatic carbocycles. The molecule has 2 saturated carbocycles. The summed E-state index contributed by atoms with van der Waals surface area (Å²) >= 11 is 0. The number of hydrogen-bond acceptors (Lipinski definition) is 2. The molecule has 2 unspecified atom stereocenters. The molecule has 3 rings (SSSR count). The van der Waals surface area contributed by atoms with Crippen LogP contribution in [0.25, 0.3) is 0 Å². The lowest BCUT2D eigenvalue weighted by Crippen LogP contribution is -2.51. The Kier molecular flexibility index (Phi) is 3.22. The van der Waals surface area contributed by atoms with E-state index >= 15 is 0 Å². The van der Waals surface area contributed by atoms with E-state index in [1.54, 1.807) is 0 Å². The van der Waals surface area contributed by atoms with Gasteiger partial charge in [-0.05, 0) is 54.8 Å². The molecule has 3 aliphatic rings. The first-order chi connectivity index (χ1) is 8.52. The molecule has 0 aromatic rings. The van der Waals surface area contributed by atoms with Gasteiger partial charge in [0.2, 0.25) is 0 Å². The van der Waals surface area contributed by atoms with Gasteiger partial charge in [0.15, 0.2) is 0 Å². The first kappa shape index (κ1) is 12.9. The SMILES string of the molecule is CC1(C)C(NCC2CCCOC2)[C@]2(C)CC[C@H]1C2. The molecule has 104 valence electrons. The maximum absolute atomic E-state index is 5.60. The number of nitrogens with one attached hydrogen (secondary N) is 1. The smallest absolute Gasteiger partial charge is 0.0506 e. The van der Waals surface area contributed by atoms with Crippen LogP contribution in [0.2, 0.25) is 0 Å². The van der Waals surface area contributed by atoms with Crippen molar-refractivity contribution in [3.8, 4) is 0 Å². The topological polar surface area (TPSA) is 21.3 Å². The molecule has 4 atom stereocenters. The number of hydrogen-bond donors (Lipinski definition) is 1. The molecule has 1 saturated heterocycles. The highest BCUT2D eigenvalue weighted by Gasteiger charge is 2.58. The third kappa shape index (κ3) is 2.02. The van der Waals surface area contributed by atoms with Crippen LogP contribution in [-0.2, 0) is 4.74 Å². The van der Waals surface area contributed by atoms with Gasteiger partial charge in [-0.1, -0.05) is 20.8 Å². The normalized spacial score (nSPS) is 46.5. The fourth-order valence-corrected chi connectivity index (χ4v) is 5.06. The van der Waals surface area contributed by atoms with Crippen LogP contribution in [0, 0.1) is 22.7 Å². The van der Waals surface area contributed by atoms with E-state index < -0.39 is 0 Å². The van der Waals surface area contributed by atoms with Crippen LogP contribution in [0.15, 0.2) is 0 Å². The van der Waals surface area contributed by atoms with E-state index in [2.05, 4.69) is 26.1 Å². The molecule has 0 aromatic heterocycles. The monoisotopic (exact) mass is 251 g/mol. The van der Waals surface area contributed by atoms with Crippen LogP contribution in [-0.4, -0.2) is 25.8 Å². The predicted molar refractivity (Wildman–Crippen MR) is 74.6 cm³/mol. The molecule has 3 fully saturated rings. The maximum Gasteiger partial charge on any atom is 0.0506 e.